The third-order valence-corrected chi connectivity index (χ3v) is 4.85. The number of aromatic nitrogens is 3. The van der Waals surface area contributed by atoms with Crippen molar-refractivity contribution >= 4 is 11.6 Å². The van der Waals surface area contributed by atoms with Gasteiger partial charge < -0.3 is 10.1 Å². The summed E-state index contributed by atoms with van der Waals surface area (Å²) in [6.45, 7) is 3.78. The molecule has 3 aromatic rings. The van der Waals surface area contributed by atoms with E-state index in [2.05, 4.69) is 15.4 Å². The van der Waals surface area contributed by atoms with Crippen molar-refractivity contribution in [3.63, 3.8) is 0 Å². The summed E-state index contributed by atoms with van der Waals surface area (Å²) in [6, 6.07) is 13.8. The summed E-state index contributed by atoms with van der Waals surface area (Å²) >= 11 is 0. The summed E-state index contributed by atoms with van der Waals surface area (Å²) < 4.78 is 21.0. The van der Waals surface area contributed by atoms with Crippen LogP contribution in [0.15, 0.2) is 48.5 Å². The van der Waals surface area contributed by atoms with Gasteiger partial charge in [-0.05, 0) is 57.0 Å². The van der Waals surface area contributed by atoms with E-state index >= 15 is 0 Å². The van der Waals surface area contributed by atoms with Gasteiger partial charge in [-0.2, -0.15) is 4.98 Å². The standard InChI is InChI=1S/C22H23FN4O2/c1-14(2)29-22-25-20(16-8-4-9-17(23)12-16)27(26-22)19-11-5-10-18(13-19)24-21(28)15-6-3-7-15/h4-5,8-15H,3,6-7H2,1-2H3,(H,24,28). The smallest absolute Gasteiger partial charge is 0.336 e. The van der Waals surface area contributed by atoms with Crippen LogP contribution in [0.1, 0.15) is 33.1 Å². The van der Waals surface area contributed by atoms with Gasteiger partial charge >= 0.3 is 6.01 Å². The number of anilines is 1. The second-order valence-electron chi connectivity index (χ2n) is 7.47. The number of rotatable bonds is 6. The number of amides is 1. The largest absolute Gasteiger partial charge is 0.460 e. The first-order valence-electron chi connectivity index (χ1n) is 9.80. The molecule has 6 nitrogen and oxygen atoms in total. The van der Waals surface area contributed by atoms with Gasteiger partial charge in [-0.25, -0.2) is 9.07 Å². The molecule has 2 aromatic carbocycles. The van der Waals surface area contributed by atoms with Crippen LogP contribution in [0.3, 0.4) is 0 Å². The predicted molar refractivity (Wildman–Crippen MR) is 108 cm³/mol. The number of nitrogens with zero attached hydrogens (tertiary/aromatic N) is 3. The zero-order chi connectivity index (χ0) is 20.4. The maximum absolute atomic E-state index is 13.8. The van der Waals surface area contributed by atoms with Gasteiger partial charge in [0.1, 0.15) is 5.82 Å². The number of hydrogen-bond acceptors (Lipinski definition) is 4. The first kappa shape index (κ1) is 19.1. The summed E-state index contributed by atoms with van der Waals surface area (Å²) in [5.41, 5.74) is 1.97. The zero-order valence-corrected chi connectivity index (χ0v) is 16.4. The highest BCUT2D eigenvalue weighted by Crippen LogP contribution is 2.29. The molecule has 4 rings (SSSR count). The molecular weight excluding hydrogens is 371 g/mol. The lowest BCUT2D eigenvalue weighted by Gasteiger charge is -2.24. The van der Waals surface area contributed by atoms with Gasteiger partial charge in [-0.1, -0.05) is 24.6 Å². The van der Waals surface area contributed by atoms with Crippen molar-refractivity contribution in [2.45, 2.75) is 39.2 Å². The normalized spacial score (nSPS) is 13.9. The molecule has 1 saturated carbocycles. The highest BCUT2D eigenvalue weighted by atomic mass is 19.1. The fourth-order valence-electron chi connectivity index (χ4n) is 3.18. The van der Waals surface area contributed by atoms with Crippen molar-refractivity contribution < 1.29 is 13.9 Å². The number of halogens is 1. The molecule has 1 N–H and O–H groups in total. The van der Waals surface area contributed by atoms with Crippen molar-refractivity contribution in [1.29, 1.82) is 0 Å². The van der Waals surface area contributed by atoms with E-state index < -0.39 is 0 Å². The van der Waals surface area contributed by atoms with E-state index in [1.165, 1.54) is 12.1 Å². The van der Waals surface area contributed by atoms with E-state index in [1.807, 2.05) is 38.1 Å². The summed E-state index contributed by atoms with van der Waals surface area (Å²) in [5, 5.41) is 7.43. The van der Waals surface area contributed by atoms with Crippen LogP contribution in [0.25, 0.3) is 17.1 Å². The quantitative estimate of drug-likeness (QED) is 0.663. The molecule has 7 heteroatoms. The van der Waals surface area contributed by atoms with Crippen LogP contribution in [0, 0.1) is 11.7 Å². The Hall–Kier alpha value is -3.22. The first-order chi connectivity index (χ1) is 14.0. The number of carbonyl (C=O) groups excluding carboxylic acids is 1. The lowest BCUT2D eigenvalue weighted by atomic mass is 9.85. The Bertz CT molecular complexity index is 1030. The van der Waals surface area contributed by atoms with E-state index in [0.29, 0.717) is 22.8 Å². The Balaban J connectivity index is 1.70. The van der Waals surface area contributed by atoms with Crippen LogP contribution in [0.2, 0.25) is 0 Å². The molecule has 0 atom stereocenters. The summed E-state index contributed by atoms with van der Waals surface area (Å²) in [5.74, 6) is 0.243. The molecule has 0 bridgehead atoms. The zero-order valence-electron chi connectivity index (χ0n) is 16.4. The molecule has 0 saturated heterocycles. The highest BCUT2D eigenvalue weighted by molar-refractivity contribution is 5.93. The van der Waals surface area contributed by atoms with Crippen LogP contribution in [-0.2, 0) is 4.79 Å². The van der Waals surface area contributed by atoms with Gasteiger partial charge in [0.25, 0.3) is 0 Å². The van der Waals surface area contributed by atoms with Crippen LogP contribution in [0.5, 0.6) is 6.01 Å². The second-order valence-corrected chi connectivity index (χ2v) is 7.47. The van der Waals surface area contributed by atoms with Crippen molar-refractivity contribution in [3.05, 3.63) is 54.3 Å². The second kappa shape index (κ2) is 8.03. The molecule has 0 spiro atoms. The van der Waals surface area contributed by atoms with Crippen molar-refractivity contribution in [2.24, 2.45) is 5.92 Å². The van der Waals surface area contributed by atoms with Gasteiger partial charge in [0, 0.05) is 17.2 Å². The molecule has 1 aliphatic rings. The van der Waals surface area contributed by atoms with Gasteiger partial charge in [-0.15, -0.1) is 5.10 Å². The van der Waals surface area contributed by atoms with Gasteiger partial charge in [0.15, 0.2) is 5.82 Å². The average molecular weight is 394 g/mol. The third-order valence-electron chi connectivity index (χ3n) is 4.85. The molecule has 1 aliphatic carbocycles. The van der Waals surface area contributed by atoms with Crippen molar-refractivity contribution in [3.8, 4) is 23.1 Å². The number of benzene rings is 2. The minimum atomic E-state index is -0.357. The van der Waals surface area contributed by atoms with E-state index in [9.17, 15) is 9.18 Å². The van der Waals surface area contributed by atoms with Crippen molar-refractivity contribution in [1.82, 2.24) is 14.8 Å². The Morgan fingerprint density at radius 3 is 2.69 bits per heavy atom. The Labute approximate surface area is 168 Å². The molecular formula is C22H23FN4O2. The lowest BCUT2D eigenvalue weighted by molar-refractivity contribution is -0.122. The molecule has 0 radical (unpaired) electrons. The van der Waals surface area contributed by atoms with Crippen molar-refractivity contribution in [2.75, 3.05) is 5.32 Å². The Morgan fingerprint density at radius 1 is 1.21 bits per heavy atom. The number of hydrogen-bond donors (Lipinski definition) is 1. The number of nitrogens with one attached hydrogen (secondary N) is 1. The van der Waals surface area contributed by atoms with Crippen LogP contribution < -0.4 is 10.1 Å². The number of ether oxygens (including phenoxy) is 1. The van der Waals surface area contributed by atoms with E-state index in [0.717, 1.165) is 19.3 Å². The minimum Gasteiger partial charge on any atom is -0.460 e. The van der Waals surface area contributed by atoms with Crippen LogP contribution in [-0.4, -0.2) is 26.8 Å². The lowest BCUT2D eigenvalue weighted by Crippen LogP contribution is -2.28. The summed E-state index contributed by atoms with van der Waals surface area (Å²) in [7, 11) is 0. The van der Waals surface area contributed by atoms with Gasteiger partial charge in [0.2, 0.25) is 5.91 Å². The third kappa shape index (κ3) is 4.29. The Morgan fingerprint density at radius 2 is 2.00 bits per heavy atom. The van der Waals surface area contributed by atoms with Gasteiger partial charge in [0.05, 0.1) is 11.8 Å². The molecule has 1 heterocycles. The molecule has 1 amide bonds. The Kier molecular flexibility index (Phi) is 5.29. The molecule has 1 aromatic heterocycles. The molecule has 1 fully saturated rings. The predicted octanol–water partition coefficient (Wildman–Crippen LogP) is 4.60. The average Bonchev–Trinajstić information content (AvgIpc) is 3.03. The molecule has 0 unspecified atom stereocenters. The highest BCUT2D eigenvalue weighted by Gasteiger charge is 2.25. The minimum absolute atomic E-state index is 0.0428. The van der Waals surface area contributed by atoms with E-state index in [-0.39, 0.29) is 29.8 Å². The first-order valence-corrected chi connectivity index (χ1v) is 9.80. The number of carbonyl (C=O) groups is 1. The molecule has 0 aliphatic heterocycles. The maximum Gasteiger partial charge on any atom is 0.336 e. The van der Waals surface area contributed by atoms with E-state index in [4.69, 9.17) is 4.74 Å². The SMILES string of the molecule is CC(C)Oc1nc(-c2cccc(F)c2)n(-c2cccc(NC(=O)C3CCC3)c2)n1. The summed E-state index contributed by atoms with van der Waals surface area (Å²) in [4.78, 5) is 16.7. The molecule has 29 heavy (non-hydrogen) atoms. The summed E-state index contributed by atoms with van der Waals surface area (Å²) in [6.07, 6.45) is 2.88. The molecule has 150 valence electrons. The van der Waals surface area contributed by atoms with E-state index in [1.54, 1.807) is 16.8 Å². The monoisotopic (exact) mass is 394 g/mol. The fourth-order valence-corrected chi connectivity index (χ4v) is 3.18. The van der Waals surface area contributed by atoms with Gasteiger partial charge in [-0.3, -0.25) is 4.79 Å². The van der Waals surface area contributed by atoms with Crippen LogP contribution >= 0.6 is 0 Å². The maximum atomic E-state index is 13.8. The topological polar surface area (TPSA) is 69.0 Å². The van der Waals surface area contributed by atoms with Crippen LogP contribution in [0.4, 0.5) is 10.1 Å². The fraction of sp³-hybridized carbons (Fsp3) is 0.318.